The van der Waals surface area contributed by atoms with Gasteiger partial charge in [-0.05, 0) is 44.0 Å². The predicted octanol–water partition coefficient (Wildman–Crippen LogP) is 3.68. The van der Waals surface area contributed by atoms with Crippen molar-refractivity contribution < 1.29 is 13.9 Å². The molecule has 0 spiro atoms. The second-order valence-electron chi connectivity index (χ2n) is 7.62. The zero-order valence-corrected chi connectivity index (χ0v) is 18.1. The molecule has 2 aromatic carbocycles. The third-order valence-electron chi connectivity index (χ3n) is 5.10. The van der Waals surface area contributed by atoms with Gasteiger partial charge in [-0.1, -0.05) is 18.2 Å². The maximum Gasteiger partial charge on any atom is 0.191 e. The predicted molar refractivity (Wildman–Crippen MR) is 118 cm³/mol. The van der Waals surface area contributed by atoms with E-state index < -0.39 is 5.82 Å². The second kappa shape index (κ2) is 11.3. The molecule has 0 saturated carbocycles. The minimum absolute atomic E-state index is 0.266. The minimum atomic E-state index is -0.410. The summed E-state index contributed by atoms with van der Waals surface area (Å²) < 4.78 is 25.7. The van der Waals surface area contributed by atoms with Crippen LogP contribution in [-0.4, -0.2) is 32.3 Å². The first-order valence-electron chi connectivity index (χ1n) is 10.6. The van der Waals surface area contributed by atoms with E-state index in [1.165, 1.54) is 6.07 Å². The maximum atomic E-state index is 14.2. The van der Waals surface area contributed by atoms with Crippen molar-refractivity contribution in [2.24, 2.45) is 10.9 Å². The summed E-state index contributed by atoms with van der Waals surface area (Å²) in [7, 11) is 0. The van der Waals surface area contributed by atoms with Crippen molar-refractivity contribution in [3.8, 4) is 11.8 Å². The summed E-state index contributed by atoms with van der Waals surface area (Å²) in [5, 5.41) is 15.2. The van der Waals surface area contributed by atoms with Gasteiger partial charge in [-0.25, -0.2) is 9.38 Å². The zero-order valence-electron chi connectivity index (χ0n) is 18.1. The zero-order chi connectivity index (χ0) is 22.1. The molecule has 164 valence electrons. The number of nitriles is 1. The van der Waals surface area contributed by atoms with Crippen LogP contribution in [0.5, 0.6) is 5.75 Å². The molecular weight excluding hydrogens is 395 g/mol. The van der Waals surface area contributed by atoms with Gasteiger partial charge in [0.25, 0.3) is 0 Å². The van der Waals surface area contributed by atoms with Gasteiger partial charge in [0.2, 0.25) is 0 Å². The molecule has 2 N–H and O–H groups in total. The molecule has 1 heterocycles. The highest BCUT2D eigenvalue weighted by atomic mass is 19.1. The van der Waals surface area contributed by atoms with E-state index in [-0.39, 0.29) is 6.54 Å². The first-order valence-corrected chi connectivity index (χ1v) is 10.6. The van der Waals surface area contributed by atoms with Gasteiger partial charge >= 0.3 is 0 Å². The van der Waals surface area contributed by atoms with Crippen LogP contribution in [0.4, 0.5) is 4.39 Å². The Hall–Kier alpha value is -3.11. The van der Waals surface area contributed by atoms with E-state index in [0.29, 0.717) is 42.7 Å². The molecule has 1 saturated heterocycles. The van der Waals surface area contributed by atoms with Crippen LogP contribution in [0.3, 0.4) is 0 Å². The number of hydrogen-bond acceptors (Lipinski definition) is 4. The number of hydrogen-bond donors (Lipinski definition) is 2. The summed E-state index contributed by atoms with van der Waals surface area (Å²) in [6, 6.07) is 12.5. The van der Waals surface area contributed by atoms with Gasteiger partial charge in [-0.3, -0.25) is 0 Å². The van der Waals surface area contributed by atoms with E-state index in [9.17, 15) is 4.39 Å². The lowest BCUT2D eigenvalue weighted by Crippen LogP contribution is -2.37. The third kappa shape index (κ3) is 6.69. The number of nitrogens with one attached hydrogen (secondary N) is 2. The topological polar surface area (TPSA) is 78.7 Å². The Morgan fingerprint density at radius 2 is 2.10 bits per heavy atom. The third-order valence-corrected chi connectivity index (χ3v) is 5.10. The Kier molecular flexibility index (Phi) is 8.25. The Balaban J connectivity index is 1.66. The standard InChI is InChI=1S/C24H29FN4O2/c1-3-27-24(28-13-20-7-5-18(12-26)11-22(20)25)29-14-21-6-4-17(2)10-23(21)31-16-19-8-9-30-15-19/h4-7,10-11,19H,3,8-9,13-16H2,1-2H3,(H2,27,28,29). The number of nitrogens with zero attached hydrogens (tertiary/aromatic N) is 2. The van der Waals surface area contributed by atoms with E-state index in [4.69, 9.17) is 14.7 Å². The molecule has 7 heteroatoms. The molecule has 1 fully saturated rings. The second-order valence-corrected chi connectivity index (χ2v) is 7.62. The van der Waals surface area contributed by atoms with Crippen LogP contribution in [0.25, 0.3) is 0 Å². The highest BCUT2D eigenvalue weighted by Gasteiger charge is 2.17. The van der Waals surface area contributed by atoms with Gasteiger partial charge in [0.05, 0.1) is 31.4 Å². The van der Waals surface area contributed by atoms with Gasteiger partial charge in [0.15, 0.2) is 5.96 Å². The number of aryl methyl sites for hydroxylation is 1. The van der Waals surface area contributed by atoms with Crippen LogP contribution in [0.1, 0.15) is 35.6 Å². The first kappa shape index (κ1) is 22.6. The van der Waals surface area contributed by atoms with E-state index in [1.807, 2.05) is 38.1 Å². The Morgan fingerprint density at radius 1 is 1.26 bits per heavy atom. The average Bonchev–Trinajstić information content (AvgIpc) is 3.29. The van der Waals surface area contributed by atoms with Crippen molar-refractivity contribution in [1.29, 1.82) is 5.26 Å². The summed E-state index contributed by atoms with van der Waals surface area (Å²) in [5.74, 6) is 1.44. The number of guanidine groups is 1. The molecular formula is C24H29FN4O2. The lowest BCUT2D eigenvalue weighted by atomic mass is 10.1. The molecule has 3 rings (SSSR count). The SMILES string of the molecule is CCNC(=NCc1ccc(C)cc1OCC1CCOC1)NCc1ccc(C#N)cc1F. The number of ether oxygens (including phenoxy) is 2. The van der Waals surface area contributed by atoms with Gasteiger partial charge in [-0.15, -0.1) is 0 Å². The fourth-order valence-electron chi connectivity index (χ4n) is 3.29. The highest BCUT2D eigenvalue weighted by Crippen LogP contribution is 2.23. The quantitative estimate of drug-likeness (QED) is 0.499. The Labute approximate surface area is 183 Å². The molecule has 0 amide bonds. The summed E-state index contributed by atoms with van der Waals surface area (Å²) in [6.07, 6.45) is 1.03. The van der Waals surface area contributed by atoms with Crippen LogP contribution < -0.4 is 15.4 Å². The first-order chi connectivity index (χ1) is 15.1. The van der Waals surface area contributed by atoms with Crippen molar-refractivity contribution >= 4 is 5.96 Å². The molecule has 1 unspecified atom stereocenters. The van der Waals surface area contributed by atoms with E-state index in [0.717, 1.165) is 36.5 Å². The fourth-order valence-corrected chi connectivity index (χ4v) is 3.29. The normalized spacial score (nSPS) is 16.1. The summed E-state index contributed by atoms with van der Waals surface area (Å²) >= 11 is 0. The molecule has 0 aromatic heterocycles. The molecule has 2 aromatic rings. The molecule has 0 radical (unpaired) electrons. The molecule has 1 aliphatic rings. The lowest BCUT2D eigenvalue weighted by molar-refractivity contribution is 0.166. The largest absolute Gasteiger partial charge is 0.493 e. The summed E-state index contributed by atoms with van der Waals surface area (Å²) in [5.41, 5.74) is 2.90. The van der Waals surface area contributed by atoms with Crippen molar-refractivity contribution in [3.05, 3.63) is 64.5 Å². The van der Waals surface area contributed by atoms with Crippen molar-refractivity contribution in [3.63, 3.8) is 0 Å². The Bertz CT molecular complexity index is 949. The Morgan fingerprint density at radius 3 is 2.81 bits per heavy atom. The van der Waals surface area contributed by atoms with Crippen LogP contribution >= 0.6 is 0 Å². The molecule has 1 atom stereocenters. The van der Waals surface area contributed by atoms with Crippen LogP contribution in [0.15, 0.2) is 41.4 Å². The number of benzene rings is 2. The van der Waals surface area contributed by atoms with Gasteiger partial charge in [-0.2, -0.15) is 5.26 Å². The maximum absolute atomic E-state index is 14.2. The summed E-state index contributed by atoms with van der Waals surface area (Å²) in [6.45, 7) is 7.58. The average molecular weight is 425 g/mol. The molecule has 0 aliphatic carbocycles. The molecule has 6 nitrogen and oxygen atoms in total. The van der Waals surface area contributed by atoms with Gasteiger partial charge in [0, 0.05) is 36.7 Å². The van der Waals surface area contributed by atoms with Gasteiger partial charge in [0.1, 0.15) is 11.6 Å². The minimum Gasteiger partial charge on any atom is -0.493 e. The fraction of sp³-hybridized carbons (Fsp3) is 0.417. The molecule has 0 bridgehead atoms. The molecule has 1 aliphatic heterocycles. The van der Waals surface area contributed by atoms with Crippen LogP contribution in [0, 0.1) is 30.0 Å². The van der Waals surface area contributed by atoms with Crippen LogP contribution in [-0.2, 0) is 17.8 Å². The number of rotatable bonds is 8. The number of aliphatic imine (C=N–C) groups is 1. The van der Waals surface area contributed by atoms with Crippen molar-refractivity contribution in [2.45, 2.75) is 33.4 Å². The summed E-state index contributed by atoms with van der Waals surface area (Å²) in [4.78, 5) is 4.65. The van der Waals surface area contributed by atoms with E-state index >= 15 is 0 Å². The lowest BCUT2D eigenvalue weighted by Gasteiger charge is -2.15. The number of halogens is 1. The van der Waals surface area contributed by atoms with E-state index in [2.05, 4.69) is 15.6 Å². The highest BCUT2D eigenvalue weighted by molar-refractivity contribution is 5.79. The van der Waals surface area contributed by atoms with Gasteiger partial charge < -0.3 is 20.1 Å². The monoisotopic (exact) mass is 424 g/mol. The van der Waals surface area contributed by atoms with Crippen LogP contribution in [0.2, 0.25) is 0 Å². The molecule has 31 heavy (non-hydrogen) atoms. The van der Waals surface area contributed by atoms with Crippen molar-refractivity contribution in [1.82, 2.24) is 10.6 Å². The smallest absolute Gasteiger partial charge is 0.191 e. The van der Waals surface area contributed by atoms with E-state index in [1.54, 1.807) is 12.1 Å². The van der Waals surface area contributed by atoms with Crippen molar-refractivity contribution in [2.75, 3.05) is 26.4 Å².